The third-order valence-electron chi connectivity index (χ3n) is 3.76. The highest BCUT2D eigenvalue weighted by molar-refractivity contribution is 7.99. The molecule has 0 aliphatic heterocycles. The quantitative estimate of drug-likeness (QED) is 0.795. The van der Waals surface area contributed by atoms with Crippen molar-refractivity contribution in [2.45, 2.75) is 43.5 Å². The van der Waals surface area contributed by atoms with Crippen LogP contribution in [-0.2, 0) is 0 Å². The summed E-state index contributed by atoms with van der Waals surface area (Å²) in [6.07, 6.45) is 5.69. The molecular formula is C15H23NS. The van der Waals surface area contributed by atoms with Gasteiger partial charge in [-0.3, -0.25) is 0 Å². The molecule has 1 fully saturated rings. The molecule has 0 spiro atoms. The highest BCUT2D eigenvalue weighted by atomic mass is 32.2. The standard InChI is InChI=1S/C15H23NS/c1-12-6-5-9-14(10-12)17-11-15(16-2)13-7-3-4-8-13/h5-6,9-10,13,15-16H,3-4,7-8,11H2,1-2H3. The van der Waals surface area contributed by atoms with Crippen molar-refractivity contribution in [2.75, 3.05) is 12.8 Å². The summed E-state index contributed by atoms with van der Waals surface area (Å²) in [4.78, 5) is 1.41. The molecule has 0 aromatic heterocycles. The molecule has 0 saturated heterocycles. The second kappa shape index (κ2) is 6.46. The van der Waals surface area contributed by atoms with Crippen LogP contribution in [0.4, 0.5) is 0 Å². The van der Waals surface area contributed by atoms with Crippen molar-refractivity contribution in [2.24, 2.45) is 5.92 Å². The number of hydrogen-bond donors (Lipinski definition) is 1. The van der Waals surface area contributed by atoms with Gasteiger partial charge in [-0.15, -0.1) is 11.8 Å². The molecule has 1 aromatic rings. The molecule has 1 atom stereocenters. The molecule has 1 nitrogen and oxygen atoms in total. The second-order valence-corrected chi connectivity index (χ2v) is 6.16. The Morgan fingerprint density at radius 2 is 2.12 bits per heavy atom. The number of rotatable bonds is 5. The first kappa shape index (κ1) is 13.0. The van der Waals surface area contributed by atoms with E-state index >= 15 is 0 Å². The lowest BCUT2D eigenvalue weighted by Gasteiger charge is -2.22. The monoisotopic (exact) mass is 249 g/mol. The van der Waals surface area contributed by atoms with Crippen molar-refractivity contribution >= 4 is 11.8 Å². The molecule has 1 N–H and O–H groups in total. The summed E-state index contributed by atoms with van der Waals surface area (Å²) in [5, 5.41) is 3.51. The molecule has 94 valence electrons. The summed E-state index contributed by atoms with van der Waals surface area (Å²) in [6, 6.07) is 9.51. The summed E-state index contributed by atoms with van der Waals surface area (Å²) in [5.41, 5.74) is 1.36. The second-order valence-electron chi connectivity index (χ2n) is 5.07. The number of thioether (sulfide) groups is 1. The van der Waals surface area contributed by atoms with E-state index in [4.69, 9.17) is 0 Å². The molecule has 1 aliphatic carbocycles. The lowest BCUT2D eigenvalue weighted by Crippen LogP contribution is -2.34. The predicted octanol–water partition coefficient (Wildman–Crippen LogP) is 3.87. The van der Waals surface area contributed by atoms with Gasteiger partial charge in [-0.05, 0) is 44.9 Å². The Morgan fingerprint density at radius 3 is 2.76 bits per heavy atom. The highest BCUT2D eigenvalue weighted by Gasteiger charge is 2.23. The minimum atomic E-state index is 0.683. The molecule has 1 saturated carbocycles. The van der Waals surface area contributed by atoms with Gasteiger partial charge in [0, 0.05) is 16.7 Å². The zero-order chi connectivity index (χ0) is 12.1. The first-order chi connectivity index (χ1) is 8.29. The Kier molecular flexibility index (Phi) is 4.93. The number of hydrogen-bond acceptors (Lipinski definition) is 2. The van der Waals surface area contributed by atoms with Crippen LogP contribution in [0.25, 0.3) is 0 Å². The van der Waals surface area contributed by atoms with Gasteiger partial charge < -0.3 is 5.32 Å². The summed E-state index contributed by atoms with van der Waals surface area (Å²) in [5.74, 6) is 2.10. The lowest BCUT2D eigenvalue weighted by molar-refractivity contribution is 0.410. The Hall–Kier alpha value is -0.470. The van der Waals surface area contributed by atoms with E-state index in [1.54, 1.807) is 0 Å². The van der Waals surface area contributed by atoms with Crippen molar-refractivity contribution < 1.29 is 0 Å². The van der Waals surface area contributed by atoms with Crippen molar-refractivity contribution in [1.82, 2.24) is 5.32 Å². The maximum atomic E-state index is 3.51. The Balaban J connectivity index is 1.87. The van der Waals surface area contributed by atoms with E-state index in [0.717, 1.165) is 5.92 Å². The van der Waals surface area contributed by atoms with Crippen LogP contribution in [0.15, 0.2) is 29.2 Å². The molecule has 2 rings (SSSR count). The van der Waals surface area contributed by atoms with Crippen LogP contribution < -0.4 is 5.32 Å². The van der Waals surface area contributed by atoms with Gasteiger partial charge in [0.25, 0.3) is 0 Å². The van der Waals surface area contributed by atoms with Crippen LogP contribution in [0.2, 0.25) is 0 Å². The smallest absolute Gasteiger partial charge is 0.0186 e. The van der Waals surface area contributed by atoms with Crippen molar-refractivity contribution in [3.8, 4) is 0 Å². The van der Waals surface area contributed by atoms with Gasteiger partial charge in [-0.1, -0.05) is 30.5 Å². The summed E-state index contributed by atoms with van der Waals surface area (Å²) in [7, 11) is 2.11. The fourth-order valence-electron chi connectivity index (χ4n) is 2.71. The molecule has 1 aromatic carbocycles. The average molecular weight is 249 g/mol. The van der Waals surface area contributed by atoms with Gasteiger partial charge in [0.1, 0.15) is 0 Å². The Labute approximate surface area is 109 Å². The van der Waals surface area contributed by atoms with Crippen molar-refractivity contribution in [3.05, 3.63) is 29.8 Å². The van der Waals surface area contributed by atoms with Crippen LogP contribution in [0, 0.1) is 12.8 Å². The highest BCUT2D eigenvalue weighted by Crippen LogP contribution is 2.30. The maximum absolute atomic E-state index is 3.51. The topological polar surface area (TPSA) is 12.0 Å². The predicted molar refractivity (Wildman–Crippen MR) is 76.7 cm³/mol. The van der Waals surface area contributed by atoms with Gasteiger partial charge in [-0.2, -0.15) is 0 Å². The molecule has 0 bridgehead atoms. The first-order valence-corrected chi connectivity index (χ1v) is 7.65. The number of aryl methyl sites for hydroxylation is 1. The SMILES string of the molecule is CNC(CSc1cccc(C)c1)C1CCCC1. The van der Waals surface area contributed by atoms with Gasteiger partial charge in [0.05, 0.1) is 0 Å². The van der Waals surface area contributed by atoms with Crippen LogP contribution >= 0.6 is 11.8 Å². The summed E-state index contributed by atoms with van der Waals surface area (Å²) >= 11 is 1.99. The minimum Gasteiger partial charge on any atom is -0.316 e. The fraction of sp³-hybridized carbons (Fsp3) is 0.600. The van der Waals surface area contributed by atoms with E-state index in [9.17, 15) is 0 Å². The molecule has 0 heterocycles. The van der Waals surface area contributed by atoms with Gasteiger partial charge in [-0.25, -0.2) is 0 Å². The molecule has 17 heavy (non-hydrogen) atoms. The number of benzene rings is 1. The third-order valence-corrected chi connectivity index (χ3v) is 4.87. The Morgan fingerprint density at radius 1 is 1.35 bits per heavy atom. The van der Waals surface area contributed by atoms with E-state index < -0.39 is 0 Å². The maximum Gasteiger partial charge on any atom is 0.0186 e. The molecule has 2 heteroatoms. The van der Waals surface area contributed by atoms with Crippen molar-refractivity contribution in [3.63, 3.8) is 0 Å². The van der Waals surface area contributed by atoms with Gasteiger partial charge >= 0.3 is 0 Å². The zero-order valence-corrected chi connectivity index (χ0v) is 11.7. The molecular weight excluding hydrogens is 226 g/mol. The van der Waals surface area contributed by atoms with E-state index in [0.29, 0.717) is 6.04 Å². The molecule has 1 unspecified atom stereocenters. The summed E-state index contributed by atoms with van der Waals surface area (Å²) in [6.45, 7) is 2.16. The molecule has 0 radical (unpaired) electrons. The number of nitrogens with one attached hydrogen (secondary N) is 1. The summed E-state index contributed by atoms with van der Waals surface area (Å²) < 4.78 is 0. The van der Waals surface area contributed by atoms with E-state index in [-0.39, 0.29) is 0 Å². The first-order valence-electron chi connectivity index (χ1n) is 6.66. The average Bonchev–Trinajstić information content (AvgIpc) is 2.84. The van der Waals surface area contributed by atoms with E-state index in [1.807, 2.05) is 11.8 Å². The van der Waals surface area contributed by atoms with Crippen LogP contribution in [0.1, 0.15) is 31.2 Å². The molecule has 0 amide bonds. The van der Waals surface area contributed by atoms with Gasteiger partial charge in [0.15, 0.2) is 0 Å². The van der Waals surface area contributed by atoms with Crippen molar-refractivity contribution in [1.29, 1.82) is 0 Å². The normalized spacial score (nSPS) is 18.5. The van der Waals surface area contributed by atoms with Crippen LogP contribution in [0.5, 0.6) is 0 Å². The lowest BCUT2D eigenvalue weighted by atomic mass is 10.0. The Bertz CT molecular complexity index is 345. The van der Waals surface area contributed by atoms with Crippen LogP contribution in [-0.4, -0.2) is 18.8 Å². The third kappa shape index (κ3) is 3.75. The van der Waals surface area contributed by atoms with E-state index in [1.165, 1.54) is 41.9 Å². The van der Waals surface area contributed by atoms with E-state index in [2.05, 4.69) is 43.6 Å². The molecule has 1 aliphatic rings. The minimum absolute atomic E-state index is 0.683. The largest absolute Gasteiger partial charge is 0.316 e. The fourth-order valence-corrected chi connectivity index (χ4v) is 3.96. The zero-order valence-electron chi connectivity index (χ0n) is 10.9. The van der Waals surface area contributed by atoms with Gasteiger partial charge in [0.2, 0.25) is 0 Å². The van der Waals surface area contributed by atoms with Crippen LogP contribution in [0.3, 0.4) is 0 Å².